The second kappa shape index (κ2) is 8.84. The highest BCUT2D eigenvalue weighted by Gasteiger charge is 2.60. The largest absolute Gasteiger partial charge is 0.409 e. The molecule has 3 aliphatic rings. The van der Waals surface area contributed by atoms with Crippen molar-refractivity contribution in [1.82, 2.24) is 4.31 Å². The van der Waals surface area contributed by atoms with Gasteiger partial charge in [-0.05, 0) is 58.8 Å². The summed E-state index contributed by atoms with van der Waals surface area (Å²) in [5.41, 5.74) is 1.32. The van der Waals surface area contributed by atoms with Gasteiger partial charge in [0.05, 0.1) is 28.1 Å². The summed E-state index contributed by atoms with van der Waals surface area (Å²) in [7, 11) is -3.34. The van der Waals surface area contributed by atoms with Crippen LogP contribution in [0.4, 0.5) is 17.6 Å². The van der Waals surface area contributed by atoms with E-state index in [0.29, 0.717) is 23.9 Å². The normalized spacial score (nSPS) is 23.6. The van der Waals surface area contributed by atoms with Crippen LogP contribution < -0.4 is 0 Å². The third kappa shape index (κ3) is 4.06. The van der Waals surface area contributed by atoms with Crippen LogP contribution in [0, 0.1) is 5.82 Å². The number of halogens is 6. The van der Waals surface area contributed by atoms with Crippen molar-refractivity contribution in [2.24, 2.45) is 4.40 Å². The van der Waals surface area contributed by atoms with Gasteiger partial charge in [-0.1, -0.05) is 42.3 Å². The molecular weight excluding hydrogens is 563 g/mol. The van der Waals surface area contributed by atoms with Crippen molar-refractivity contribution in [2.75, 3.05) is 18.8 Å². The molecular formula is C23H20Cl2F4N2O3S2. The summed E-state index contributed by atoms with van der Waals surface area (Å²) in [5.74, 6) is -0.911. The van der Waals surface area contributed by atoms with E-state index in [1.54, 1.807) is 25.1 Å². The van der Waals surface area contributed by atoms with Crippen LogP contribution in [0.25, 0.3) is 0 Å². The predicted molar refractivity (Wildman–Crippen MR) is 131 cm³/mol. The number of benzene rings is 2. The maximum atomic E-state index is 14.4. The van der Waals surface area contributed by atoms with E-state index in [1.165, 1.54) is 4.31 Å². The van der Waals surface area contributed by atoms with Crippen LogP contribution in [0.1, 0.15) is 42.0 Å². The summed E-state index contributed by atoms with van der Waals surface area (Å²) in [4.78, 5) is 0. The van der Waals surface area contributed by atoms with Gasteiger partial charge in [0.2, 0.25) is 10.0 Å². The number of hydrogen-bond donors (Lipinski definition) is 0. The maximum absolute atomic E-state index is 14.4. The van der Waals surface area contributed by atoms with E-state index in [2.05, 4.69) is 4.40 Å². The second-order valence-corrected chi connectivity index (χ2v) is 13.1. The summed E-state index contributed by atoms with van der Waals surface area (Å²) in [6, 6.07) is 7.07. The van der Waals surface area contributed by atoms with Crippen LogP contribution in [-0.2, 0) is 31.7 Å². The Morgan fingerprint density at radius 2 is 1.83 bits per heavy atom. The Balaban J connectivity index is 1.41. The van der Waals surface area contributed by atoms with Crippen LogP contribution in [0.15, 0.2) is 34.7 Å². The van der Waals surface area contributed by atoms with E-state index in [4.69, 9.17) is 27.9 Å². The zero-order valence-electron chi connectivity index (χ0n) is 18.8. The van der Waals surface area contributed by atoms with Crippen molar-refractivity contribution in [1.29, 1.82) is 0 Å². The van der Waals surface area contributed by atoms with E-state index in [9.17, 15) is 26.0 Å². The predicted octanol–water partition coefficient (Wildman–Crippen LogP) is 6.21. The van der Waals surface area contributed by atoms with Crippen molar-refractivity contribution < 1.29 is 30.7 Å². The Hall–Kier alpha value is -1.37. The number of rotatable bonds is 5. The van der Waals surface area contributed by atoms with Crippen LogP contribution >= 0.6 is 35.1 Å². The van der Waals surface area contributed by atoms with Gasteiger partial charge in [0, 0.05) is 19.5 Å². The van der Waals surface area contributed by atoms with Crippen LogP contribution in [0.3, 0.4) is 0 Å². The number of fused-ring (bicyclic) bond motifs is 2. The lowest BCUT2D eigenvalue weighted by Crippen LogP contribution is -2.61. The average molecular weight is 583 g/mol. The first-order valence-corrected chi connectivity index (χ1v) is 14.2. The SMILES string of the molecule is CCCS(=O)(=O)N1CC2(C1)OCc1cc(C3=NS[C@@](c4cc(Cl)c(F)c(Cl)c4)(C(F)(F)F)C3)ccc12. The van der Waals surface area contributed by atoms with E-state index < -0.39 is 48.8 Å². The zero-order valence-corrected chi connectivity index (χ0v) is 22.0. The molecule has 5 nitrogen and oxygen atoms in total. The lowest BCUT2D eigenvalue weighted by atomic mass is 9.85. The molecule has 0 amide bonds. The summed E-state index contributed by atoms with van der Waals surface area (Å²) in [6.07, 6.45) is -4.70. The molecule has 194 valence electrons. The minimum atomic E-state index is -4.73. The highest BCUT2D eigenvalue weighted by atomic mass is 35.5. The first kappa shape index (κ1) is 26.2. The Morgan fingerprint density at radius 1 is 1.17 bits per heavy atom. The summed E-state index contributed by atoms with van der Waals surface area (Å²) < 4.78 is 90.7. The quantitative estimate of drug-likeness (QED) is 0.239. The van der Waals surface area contributed by atoms with Gasteiger partial charge in [0.1, 0.15) is 5.60 Å². The topological polar surface area (TPSA) is 59.0 Å². The molecule has 0 radical (unpaired) electrons. The van der Waals surface area contributed by atoms with E-state index in [-0.39, 0.29) is 36.7 Å². The van der Waals surface area contributed by atoms with Crippen molar-refractivity contribution >= 4 is 50.9 Å². The van der Waals surface area contributed by atoms with E-state index in [0.717, 1.165) is 23.3 Å². The Labute approximate surface area is 220 Å². The van der Waals surface area contributed by atoms with Gasteiger partial charge in [-0.3, -0.25) is 0 Å². The second-order valence-electron chi connectivity index (χ2n) is 9.12. The molecule has 0 bridgehead atoms. The fraction of sp³-hybridized carbons (Fsp3) is 0.435. The number of hydrogen-bond acceptors (Lipinski definition) is 5. The summed E-state index contributed by atoms with van der Waals surface area (Å²) in [6.45, 7) is 2.44. The van der Waals surface area contributed by atoms with E-state index in [1.807, 2.05) is 0 Å². The smallest absolute Gasteiger partial charge is 0.363 e. The molecule has 1 fully saturated rings. The molecule has 0 unspecified atom stereocenters. The lowest BCUT2D eigenvalue weighted by Gasteiger charge is -2.46. The first-order chi connectivity index (χ1) is 16.8. The molecule has 1 spiro atoms. The fourth-order valence-corrected chi connectivity index (χ4v) is 7.88. The standard InChI is InChI=1S/C23H20Cl2F4N2O3S2/c1-2-5-36(32,33)31-11-21(12-31)16-4-3-13(6-14(16)10-34-21)19-9-22(35-30-19,23(27,28)29)15-7-17(24)20(26)18(25)8-15/h3-4,6-8H,2,5,9-12H2,1H3/t22-/m0/s1. The Kier molecular flexibility index (Phi) is 6.45. The number of sulfonamides is 1. The van der Waals surface area contributed by atoms with E-state index >= 15 is 0 Å². The lowest BCUT2D eigenvalue weighted by molar-refractivity contribution is -0.159. The zero-order chi connectivity index (χ0) is 26.1. The fourth-order valence-electron chi connectivity index (χ4n) is 4.85. The van der Waals surface area contributed by atoms with Gasteiger partial charge in [-0.2, -0.15) is 17.5 Å². The molecule has 0 aliphatic carbocycles. The number of nitrogens with zero attached hydrogens (tertiary/aromatic N) is 2. The van der Waals surface area contributed by atoms with Gasteiger partial charge in [-0.15, -0.1) is 0 Å². The molecule has 36 heavy (non-hydrogen) atoms. The average Bonchev–Trinajstić information content (AvgIpc) is 3.39. The number of ether oxygens (including phenoxy) is 1. The Bertz CT molecular complexity index is 1350. The molecule has 3 heterocycles. The summed E-state index contributed by atoms with van der Waals surface area (Å²) in [5, 5.41) is -0.990. The van der Waals surface area contributed by atoms with Crippen molar-refractivity contribution in [3.05, 3.63) is 68.4 Å². The molecule has 2 aromatic rings. The summed E-state index contributed by atoms with van der Waals surface area (Å²) >= 11 is 12.0. The highest BCUT2D eigenvalue weighted by Crippen LogP contribution is 2.57. The molecule has 0 N–H and O–H groups in total. The molecule has 1 saturated heterocycles. The highest BCUT2D eigenvalue weighted by molar-refractivity contribution is 7.99. The monoisotopic (exact) mass is 582 g/mol. The van der Waals surface area contributed by atoms with Gasteiger partial charge in [0.25, 0.3) is 0 Å². The van der Waals surface area contributed by atoms with Crippen molar-refractivity contribution in [2.45, 2.75) is 42.9 Å². The minimum absolute atomic E-state index is 0.0673. The van der Waals surface area contributed by atoms with Gasteiger partial charge >= 0.3 is 6.18 Å². The maximum Gasteiger partial charge on any atom is 0.409 e. The number of alkyl halides is 3. The van der Waals surface area contributed by atoms with Gasteiger partial charge < -0.3 is 4.74 Å². The molecule has 5 rings (SSSR count). The van der Waals surface area contributed by atoms with Crippen LogP contribution in [0.5, 0.6) is 0 Å². The van der Waals surface area contributed by atoms with Gasteiger partial charge in [-0.25, -0.2) is 17.2 Å². The molecule has 0 saturated carbocycles. The third-order valence-corrected chi connectivity index (χ3v) is 10.5. The molecule has 1 atom stereocenters. The van der Waals surface area contributed by atoms with Crippen LogP contribution in [0.2, 0.25) is 10.0 Å². The van der Waals surface area contributed by atoms with Crippen LogP contribution in [-0.4, -0.2) is 43.5 Å². The first-order valence-electron chi connectivity index (χ1n) is 11.0. The molecule has 13 heteroatoms. The third-order valence-electron chi connectivity index (χ3n) is 6.79. The molecule has 0 aromatic heterocycles. The Morgan fingerprint density at radius 3 is 2.44 bits per heavy atom. The van der Waals surface area contributed by atoms with Crippen molar-refractivity contribution in [3.8, 4) is 0 Å². The molecule has 2 aromatic carbocycles. The molecule has 3 aliphatic heterocycles. The van der Waals surface area contributed by atoms with Crippen molar-refractivity contribution in [3.63, 3.8) is 0 Å². The minimum Gasteiger partial charge on any atom is -0.363 e. The van der Waals surface area contributed by atoms with Gasteiger partial charge in [0.15, 0.2) is 10.6 Å².